The van der Waals surface area contributed by atoms with Crippen LogP contribution in [0.15, 0.2) is 0 Å². The maximum atomic E-state index is 10.4. The SMILES string of the molecule is CC(=O)OC(C)(Cl)C(=O)Cl. The highest BCUT2D eigenvalue weighted by Crippen LogP contribution is 2.19. The van der Waals surface area contributed by atoms with Gasteiger partial charge < -0.3 is 4.74 Å². The second kappa shape index (κ2) is 3.21. The monoisotopic (exact) mass is 184 g/mol. The average Bonchev–Trinajstić information content (AvgIpc) is 1.60. The van der Waals surface area contributed by atoms with Crippen molar-refractivity contribution < 1.29 is 14.3 Å². The van der Waals surface area contributed by atoms with Crippen molar-refractivity contribution in [3.8, 4) is 0 Å². The lowest BCUT2D eigenvalue weighted by atomic mass is 10.4. The summed E-state index contributed by atoms with van der Waals surface area (Å²) >= 11 is 10.3. The van der Waals surface area contributed by atoms with E-state index < -0.39 is 16.3 Å². The summed E-state index contributed by atoms with van der Waals surface area (Å²) in [5, 5.41) is -2.64. The Kier molecular flexibility index (Phi) is 3.12. The van der Waals surface area contributed by atoms with Crippen LogP contribution in [-0.2, 0) is 14.3 Å². The van der Waals surface area contributed by atoms with Crippen LogP contribution in [0.1, 0.15) is 13.8 Å². The summed E-state index contributed by atoms with van der Waals surface area (Å²) in [6.45, 7) is 2.34. The maximum Gasteiger partial charge on any atom is 0.304 e. The first-order valence-corrected chi connectivity index (χ1v) is 3.20. The Morgan fingerprint density at radius 2 is 1.90 bits per heavy atom. The smallest absolute Gasteiger partial charge is 0.304 e. The van der Waals surface area contributed by atoms with E-state index in [1.807, 2.05) is 0 Å². The number of rotatable bonds is 2. The summed E-state index contributed by atoms with van der Waals surface area (Å²) in [6.07, 6.45) is 0. The van der Waals surface area contributed by atoms with Crippen molar-refractivity contribution in [1.29, 1.82) is 0 Å². The van der Waals surface area contributed by atoms with E-state index in [4.69, 9.17) is 23.2 Å². The Bertz CT molecular complexity index is 164. The van der Waals surface area contributed by atoms with Gasteiger partial charge in [-0.3, -0.25) is 9.59 Å². The Balaban J connectivity index is 4.13. The zero-order valence-electron chi connectivity index (χ0n) is 5.48. The molecule has 5 heteroatoms. The first kappa shape index (κ1) is 9.72. The molecule has 0 fully saturated rings. The number of alkyl halides is 1. The quantitative estimate of drug-likeness (QED) is 0.369. The predicted molar refractivity (Wildman–Crippen MR) is 36.9 cm³/mol. The van der Waals surface area contributed by atoms with Gasteiger partial charge in [0, 0.05) is 6.92 Å². The number of ether oxygens (including phenoxy) is 1. The van der Waals surface area contributed by atoms with E-state index in [0.29, 0.717) is 0 Å². The molecule has 0 aromatic heterocycles. The summed E-state index contributed by atoms with van der Waals surface area (Å²) < 4.78 is 4.34. The lowest BCUT2D eigenvalue weighted by molar-refractivity contribution is -0.152. The number of hydrogen-bond acceptors (Lipinski definition) is 3. The van der Waals surface area contributed by atoms with E-state index in [-0.39, 0.29) is 0 Å². The zero-order valence-corrected chi connectivity index (χ0v) is 6.99. The van der Waals surface area contributed by atoms with Gasteiger partial charge in [0.15, 0.2) is 0 Å². The summed E-state index contributed by atoms with van der Waals surface area (Å²) in [7, 11) is 0. The molecule has 58 valence electrons. The fraction of sp³-hybridized carbons (Fsp3) is 0.600. The first-order chi connectivity index (χ1) is 4.36. The number of hydrogen-bond donors (Lipinski definition) is 0. The lowest BCUT2D eigenvalue weighted by Gasteiger charge is -2.15. The molecule has 0 amide bonds. The Morgan fingerprint density at radius 3 is 2.00 bits per heavy atom. The van der Waals surface area contributed by atoms with Crippen molar-refractivity contribution in [3.63, 3.8) is 0 Å². The number of esters is 1. The minimum Gasteiger partial charge on any atom is -0.435 e. The van der Waals surface area contributed by atoms with Gasteiger partial charge in [-0.15, -0.1) is 0 Å². The van der Waals surface area contributed by atoms with Crippen molar-refractivity contribution >= 4 is 34.4 Å². The van der Waals surface area contributed by atoms with Gasteiger partial charge in [0.25, 0.3) is 10.3 Å². The van der Waals surface area contributed by atoms with Crippen LogP contribution in [-0.4, -0.2) is 16.3 Å². The van der Waals surface area contributed by atoms with E-state index in [2.05, 4.69) is 4.74 Å². The van der Waals surface area contributed by atoms with Gasteiger partial charge >= 0.3 is 5.97 Å². The normalized spacial score (nSPS) is 15.6. The molecular formula is C5H6Cl2O3. The van der Waals surface area contributed by atoms with Crippen LogP contribution in [0.5, 0.6) is 0 Å². The molecule has 1 unspecified atom stereocenters. The molecule has 1 atom stereocenters. The molecule has 0 aromatic rings. The van der Waals surface area contributed by atoms with Gasteiger partial charge in [-0.1, -0.05) is 11.6 Å². The molecule has 0 aliphatic heterocycles. The molecule has 0 aromatic carbocycles. The summed E-state index contributed by atoms with van der Waals surface area (Å²) in [5.41, 5.74) is 0. The summed E-state index contributed by atoms with van der Waals surface area (Å²) in [4.78, 5) is 20.6. The van der Waals surface area contributed by atoms with Crippen LogP contribution in [0.25, 0.3) is 0 Å². The van der Waals surface area contributed by atoms with Crippen LogP contribution in [0.3, 0.4) is 0 Å². The summed E-state index contributed by atoms with van der Waals surface area (Å²) in [5.74, 6) is -0.647. The van der Waals surface area contributed by atoms with Crippen molar-refractivity contribution in [2.45, 2.75) is 18.9 Å². The van der Waals surface area contributed by atoms with Crippen LogP contribution < -0.4 is 0 Å². The molecule has 0 aliphatic rings. The molecule has 0 aliphatic carbocycles. The molecule has 3 nitrogen and oxygen atoms in total. The van der Waals surface area contributed by atoms with Gasteiger partial charge in [0.05, 0.1) is 0 Å². The number of carbonyl (C=O) groups is 2. The number of halogens is 2. The first-order valence-electron chi connectivity index (χ1n) is 2.44. The standard InChI is InChI=1S/C5H6Cl2O3/c1-3(8)10-5(2,7)4(6)9/h1-2H3. The highest BCUT2D eigenvalue weighted by molar-refractivity contribution is 6.70. The molecule has 0 spiro atoms. The largest absolute Gasteiger partial charge is 0.435 e. The second-order valence-corrected chi connectivity index (χ2v) is 2.85. The van der Waals surface area contributed by atoms with E-state index in [1.165, 1.54) is 6.92 Å². The van der Waals surface area contributed by atoms with Crippen molar-refractivity contribution in [3.05, 3.63) is 0 Å². The fourth-order valence-corrected chi connectivity index (χ4v) is 0.457. The molecule has 0 saturated heterocycles. The topological polar surface area (TPSA) is 43.4 Å². The Hall–Kier alpha value is -0.280. The average molecular weight is 185 g/mol. The third-order valence-electron chi connectivity index (χ3n) is 0.686. The van der Waals surface area contributed by atoms with Gasteiger partial charge in [0.2, 0.25) is 0 Å². The lowest BCUT2D eigenvalue weighted by Crippen LogP contribution is -2.30. The highest BCUT2D eigenvalue weighted by atomic mass is 35.5. The maximum absolute atomic E-state index is 10.4. The van der Waals surface area contributed by atoms with Gasteiger partial charge in [-0.05, 0) is 18.5 Å². The van der Waals surface area contributed by atoms with Crippen LogP contribution >= 0.6 is 23.2 Å². The Labute approximate surface area is 68.2 Å². The number of carbonyl (C=O) groups excluding carboxylic acids is 2. The van der Waals surface area contributed by atoms with Crippen molar-refractivity contribution in [1.82, 2.24) is 0 Å². The van der Waals surface area contributed by atoms with Gasteiger partial charge in [-0.2, -0.15) is 0 Å². The molecule has 0 bridgehead atoms. The second-order valence-electron chi connectivity index (χ2n) is 1.78. The zero-order chi connectivity index (χ0) is 8.36. The molecule has 0 saturated carbocycles. The molecule has 0 radical (unpaired) electrons. The van der Waals surface area contributed by atoms with Gasteiger partial charge in [0.1, 0.15) is 0 Å². The van der Waals surface area contributed by atoms with Crippen LogP contribution in [0.2, 0.25) is 0 Å². The van der Waals surface area contributed by atoms with Crippen LogP contribution in [0.4, 0.5) is 0 Å². The van der Waals surface area contributed by atoms with E-state index in [1.54, 1.807) is 0 Å². The fourth-order valence-electron chi connectivity index (χ4n) is 0.310. The molecular weight excluding hydrogens is 179 g/mol. The molecule has 0 rings (SSSR count). The third-order valence-corrected chi connectivity index (χ3v) is 1.39. The summed E-state index contributed by atoms with van der Waals surface area (Å²) in [6, 6.07) is 0. The molecule has 0 N–H and O–H groups in total. The van der Waals surface area contributed by atoms with Crippen molar-refractivity contribution in [2.24, 2.45) is 0 Å². The Morgan fingerprint density at radius 1 is 1.50 bits per heavy atom. The third kappa shape index (κ3) is 3.03. The minimum absolute atomic E-state index is 0.647. The minimum atomic E-state index is -1.73. The highest BCUT2D eigenvalue weighted by Gasteiger charge is 2.32. The van der Waals surface area contributed by atoms with E-state index in [9.17, 15) is 9.59 Å². The predicted octanol–water partition coefficient (Wildman–Crippen LogP) is 1.27. The molecule has 0 heterocycles. The van der Waals surface area contributed by atoms with E-state index in [0.717, 1.165) is 6.92 Å². The van der Waals surface area contributed by atoms with Crippen molar-refractivity contribution in [2.75, 3.05) is 0 Å². The molecule has 10 heavy (non-hydrogen) atoms. The van der Waals surface area contributed by atoms with Crippen LogP contribution in [0, 0.1) is 0 Å². The van der Waals surface area contributed by atoms with Gasteiger partial charge in [-0.25, -0.2) is 0 Å². The van der Waals surface area contributed by atoms with E-state index >= 15 is 0 Å².